The van der Waals surface area contributed by atoms with Crippen molar-refractivity contribution in [3.8, 4) is 0 Å². The monoisotopic (exact) mass is 497 g/mol. The Morgan fingerprint density at radius 1 is 1.45 bits per heavy atom. The maximum absolute atomic E-state index is 13.0. The van der Waals surface area contributed by atoms with Crippen molar-refractivity contribution in [3.05, 3.63) is 22.5 Å². The third-order valence-corrected chi connectivity index (χ3v) is 6.74. The summed E-state index contributed by atoms with van der Waals surface area (Å²) in [5.74, 6) is -0.896. The molecule has 0 spiro atoms. The Balaban J connectivity index is 1.79. The van der Waals surface area contributed by atoms with Gasteiger partial charge >= 0.3 is 5.97 Å². The van der Waals surface area contributed by atoms with Crippen LogP contribution in [0.1, 0.15) is 39.3 Å². The van der Waals surface area contributed by atoms with Gasteiger partial charge in [0.25, 0.3) is 24.6 Å². The van der Waals surface area contributed by atoms with E-state index in [1.807, 2.05) is 6.92 Å². The molecule has 3 N–H and O–H groups in total. The summed E-state index contributed by atoms with van der Waals surface area (Å²) in [6.45, 7) is 5.08. The number of esters is 1. The predicted molar refractivity (Wildman–Crippen MR) is 119 cm³/mol. The van der Waals surface area contributed by atoms with E-state index in [0.717, 1.165) is 16.9 Å². The van der Waals surface area contributed by atoms with E-state index in [9.17, 15) is 19.2 Å². The van der Waals surface area contributed by atoms with Gasteiger partial charge in [-0.05, 0) is 6.42 Å². The molecule has 33 heavy (non-hydrogen) atoms. The maximum atomic E-state index is 13.0. The maximum Gasteiger partial charge on any atom is 0.309 e. The van der Waals surface area contributed by atoms with Crippen LogP contribution in [0.5, 0.6) is 0 Å². The number of carbonyl (C=O) groups excluding carboxylic acids is 4. The molecule has 3 heterocycles. The number of thiazole rings is 1. The average Bonchev–Trinajstić information content (AvgIpc) is 3.21. The highest BCUT2D eigenvalue weighted by molar-refractivity contribution is 8.00. The number of carbonyl (C=O) groups is 4. The second-order valence-corrected chi connectivity index (χ2v) is 8.90. The Morgan fingerprint density at radius 3 is 2.79 bits per heavy atom. The largest absolute Gasteiger partial charge is 0.425 e. The first kappa shape index (κ1) is 24.5. The molecule has 0 aliphatic carbocycles. The second kappa shape index (κ2) is 10.7. The first-order valence-corrected chi connectivity index (χ1v) is 11.9. The van der Waals surface area contributed by atoms with Gasteiger partial charge in [0.15, 0.2) is 10.8 Å². The van der Waals surface area contributed by atoms with Crippen LogP contribution in [0, 0.1) is 0 Å². The molecule has 1 aromatic rings. The summed E-state index contributed by atoms with van der Waals surface area (Å²) >= 11 is 2.54. The van der Waals surface area contributed by atoms with Gasteiger partial charge < -0.3 is 25.4 Å². The van der Waals surface area contributed by atoms with E-state index in [1.165, 1.54) is 29.0 Å². The summed E-state index contributed by atoms with van der Waals surface area (Å²) in [6.07, 6.45) is -0.0972. The minimum absolute atomic E-state index is 0.143. The Morgan fingerprint density at radius 2 is 2.21 bits per heavy atom. The number of β-lactam (4-membered cyclic amide) rings is 1. The molecule has 0 aromatic carbocycles. The highest BCUT2D eigenvalue weighted by atomic mass is 32.2. The molecule has 1 aromatic heterocycles. The molecule has 3 atom stereocenters. The van der Waals surface area contributed by atoms with Gasteiger partial charge in [0.05, 0.1) is 0 Å². The van der Waals surface area contributed by atoms with Crippen LogP contribution in [-0.4, -0.2) is 63.3 Å². The lowest BCUT2D eigenvalue weighted by Crippen LogP contribution is -2.70. The van der Waals surface area contributed by atoms with Crippen LogP contribution in [-0.2, 0) is 33.5 Å². The van der Waals surface area contributed by atoms with Crippen molar-refractivity contribution < 1.29 is 33.5 Å². The molecule has 14 heteroatoms. The number of fused-ring (bicyclic) bond motifs is 1. The van der Waals surface area contributed by atoms with E-state index in [0.29, 0.717) is 12.2 Å². The smallest absolute Gasteiger partial charge is 0.309 e. The van der Waals surface area contributed by atoms with Crippen LogP contribution in [0.25, 0.3) is 0 Å². The summed E-state index contributed by atoms with van der Waals surface area (Å²) in [5, 5.41) is 7.73. The van der Waals surface area contributed by atoms with Crippen molar-refractivity contribution in [1.82, 2.24) is 15.2 Å². The van der Waals surface area contributed by atoms with E-state index >= 15 is 0 Å². The molecule has 2 amide bonds. The van der Waals surface area contributed by atoms with Gasteiger partial charge in [0, 0.05) is 30.1 Å². The molecule has 2 aliphatic rings. The topological polar surface area (TPSA) is 163 Å². The first-order valence-electron chi connectivity index (χ1n) is 10.0. The van der Waals surface area contributed by atoms with E-state index in [4.69, 9.17) is 20.0 Å². The van der Waals surface area contributed by atoms with E-state index < -0.39 is 35.5 Å². The number of aromatic nitrogens is 1. The van der Waals surface area contributed by atoms with Crippen molar-refractivity contribution in [2.24, 2.45) is 5.16 Å². The average molecular weight is 498 g/mol. The van der Waals surface area contributed by atoms with Crippen molar-refractivity contribution in [1.29, 1.82) is 0 Å². The Kier molecular flexibility index (Phi) is 7.92. The van der Waals surface area contributed by atoms with Gasteiger partial charge in [0.1, 0.15) is 17.1 Å². The highest BCUT2D eigenvalue weighted by Gasteiger charge is 2.54. The quantitative estimate of drug-likeness (QED) is 0.119. The molecule has 12 nitrogen and oxygen atoms in total. The van der Waals surface area contributed by atoms with E-state index in [1.54, 1.807) is 6.92 Å². The number of oxime groups is 1. The van der Waals surface area contributed by atoms with Crippen LogP contribution in [0.15, 0.2) is 22.0 Å². The number of nitrogens with zero attached hydrogens (tertiary/aromatic N) is 3. The number of ether oxygens (including phenoxy) is 2. The normalized spacial score (nSPS) is 21.0. The fraction of sp³-hybridized carbons (Fsp3) is 0.474. The van der Waals surface area contributed by atoms with Crippen LogP contribution in [0.4, 0.5) is 5.13 Å². The van der Waals surface area contributed by atoms with Gasteiger partial charge in [-0.15, -0.1) is 23.1 Å². The fourth-order valence-corrected chi connectivity index (χ4v) is 5.06. The van der Waals surface area contributed by atoms with Crippen molar-refractivity contribution in [2.75, 3.05) is 11.5 Å². The number of anilines is 1. The van der Waals surface area contributed by atoms with E-state index in [-0.39, 0.29) is 35.3 Å². The van der Waals surface area contributed by atoms with Crippen molar-refractivity contribution in [2.45, 2.75) is 51.3 Å². The van der Waals surface area contributed by atoms with Gasteiger partial charge in [-0.3, -0.25) is 24.1 Å². The van der Waals surface area contributed by atoms with Crippen molar-refractivity contribution in [3.63, 3.8) is 0 Å². The Labute approximate surface area is 197 Å². The SMILES string of the molecule is CCC1=C(OC(C)=O)N2C(=O)[C@@H](NC(=O)/C(=N\O[C@@H](CC)OC=O)c3csc(N)n3)[C@H]2SC1. The van der Waals surface area contributed by atoms with Crippen LogP contribution in [0.2, 0.25) is 0 Å². The predicted octanol–water partition coefficient (Wildman–Crippen LogP) is 0.940. The summed E-state index contributed by atoms with van der Waals surface area (Å²) < 4.78 is 10.0. The number of nitrogens with one attached hydrogen (secondary N) is 1. The molecule has 0 unspecified atom stereocenters. The minimum atomic E-state index is -1.00. The first-order chi connectivity index (χ1) is 15.8. The lowest BCUT2D eigenvalue weighted by Gasteiger charge is -2.49. The number of hydrogen-bond acceptors (Lipinski definition) is 12. The standard InChI is InChI=1S/C19H23N5O7S2/c1-4-10-6-32-18-14(16(28)24(18)17(10)30-9(3)26)22-15(27)13(11-7-33-19(20)21-11)23-31-12(5-2)29-8-25/h7-8,12,14,18H,4-6H2,1-3H3,(H2,20,21)(H,22,27)/b23-13-/t12-,14+,18+/m0/s1. The number of amides is 2. The molecule has 0 saturated carbocycles. The molecule has 3 rings (SSSR count). The summed E-state index contributed by atoms with van der Waals surface area (Å²) in [4.78, 5) is 58.6. The molecular weight excluding hydrogens is 474 g/mol. The molecule has 178 valence electrons. The van der Waals surface area contributed by atoms with Crippen LogP contribution < -0.4 is 11.1 Å². The number of nitrogens with two attached hydrogens (primary N) is 1. The second-order valence-electron chi connectivity index (χ2n) is 6.90. The van der Waals surface area contributed by atoms with Gasteiger partial charge in [-0.25, -0.2) is 4.98 Å². The molecular formula is C19H23N5O7S2. The third-order valence-electron chi connectivity index (χ3n) is 4.73. The van der Waals surface area contributed by atoms with Crippen LogP contribution >= 0.6 is 23.1 Å². The van der Waals surface area contributed by atoms with Gasteiger partial charge in [-0.1, -0.05) is 19.0 Å². The summed E-state index contributed by atoms with van der Waals surface area (Å²) in [5.41, 5.74) is 6.42. The van der Waals surface area contributed by atoms with Crippen LogP contribution in [0.3, 0.4) is 0 Å². The molecule has 1 fully saturated rings. The summed E-state index contributed by atoms with van der Waals surface area (Å²) in [7, 11) is 0. The Hall–Kier alpha value is -3.13. The number of nitrogen functional groups attached to an aromatic ring is 1. The lowest BCUT2D eigenvalue weighted by molar-refractivity contribution is -0.164. The van der Waals surface area contributed by atoms with Gasteiger partial charge in [-0.2, -0.15) is 0 Å². The summed E-state index contributed by atoms with van der Waals surface area (Å²) in [6, 6.07) is -0.874. The zero-order valence-electron chi connectivity index (χ0n) is 18.1. The third kappa shape index (κ3) is 5.27. The number of hydrogen-bond donors (Lipinski definition) is 2. The molecule has 2 aliphatic heterocycles. The van der Waals surface area contributed by atoms with Gasteiger partial charge in [0.2, 0.25) is 5.88 Å². The minimum Gasteiger partial charge on any atom is -0.425 e. The van der Waals surface area contributed by atoms with E-state index in [2.05, 4.69) is 15.5 Å². The number of thioether (sulfide) groups is 1. The zero-order chi connectivity index (χ0) is 24.1. The molecule has 1 saturated heterocycles. The lowest BCUT2D eigenvalue weighted by atomic mass is 10.0. The zero-order valence-corrected chi connectivity index (χ0v) is 19.7. The Bertz CT molecular complexity index is 1010. The highest BCUT2D eigenvalue weighted by Crippen LogP contribution is 2.41. The number of rotatable bonds is 10. The fourth-order valence-electron chi connectivity index (χ4n) is 3.09. The molecule has 0 radical (unpaired) electrons. The molecule has 0 bridgehead atoms. The van der Waals surface area contributed by atoms with Crippen molar-refractivity contribution >= 4 is 58.2 Å².